The van der Waals surface area contributed by atoms with E-state index in [4.69, 9.17) is 11.6 Å². The Morgan fingerprint density at radius 2 is 2.00 bits per heavy atom. The Bertz CT molecular complexity index is 779. The van der Waals surface area contributed by atoms with Crippen LogP contribution in [-0.2, 0) is 14.8 Å². The number of aliphatic hydroxyl groups is 1. The minimum atomic E-state index is -5.19. The van der Waals surface area contributed by atoms with Crippen LogP contribution in [0.3, 0.4) is 0 Å². The maximum atomic E-state index is 12.6. The summed E-state index contributed by atoms with van der Waals surface area (Å²) in [5, 5.41) is 10.8. The van der Waals surface area contributed by atoms with Crippen LogP contribution in [0.1, 0.15) is 6.92 Å². The number of nitrogens with zero attached hydrogens (tertiary/aromatic N) is 1. The zero-order valence-corrected chi connectivity index (χ0v) is 14.8. The van der Waals surface area contributed by atoms with Gasteiger partial charge in [0.05, 0.1) is 15.6 Å². The number of nitrogens with one attached hydrogen (secondary N) is 1. The van der Waals surface area contributed by atoms with Gasteiger partial charge in [0.2, 0.25) is 15.6 Å². The second-order valence-corrected chi connectivity index (χ2v) is 7.69. The average Bonchev–Trinajstić information content (AvgIpc) is 2.48. The number of sulfonamides is 1. The molecule has 0 radical (unpaired) electrons. The van der Waals surface area contributed by atoms with E-state index in [-0.39, 0.29) is 22.2 Å². The summed E-state index contributed by atoms with van der Waals surface area (Å²) in [5.74, 6) is -1.75. The SMILES string of the molecule is C=CCN(C)S(=O)(=O)c1ccc(NC(=O)C(C)(O)C(F)(F)F)c(Cl)c1. The van der Waals surface area contributed by atoms with Crippen molar-refractivity contribution in [3.8, 4) is 0 Å². The van der Waals surface area contributed by atoms with Crippen molar-refractivity contribution in [2.75, 3.05) is 18.9 Å². The van der Waals surface area contributed by atoms with Gasteiger partial charge in [-0.15, -0.1) is 6.58 Å². The fourth-order valence-electron chi connectivity index (χ4n) is 1.59. The van der Waals surface area contributed by atoms with E-state index in [2.05, 4.69) is 6.58 Å². The first-order valence-electron chi connectivity index (χ1n) is 6.72. The Kier molecular flexibility index (Phi) is 6.27. The fraction of sp³-hybridized carbons (Fsp3) is 0.357. The summed E-state index contributed by atoms with van der Waals surface area (Å²) in [4.78, 5) is 11.4. The van der Waals surface area contributed by atoms with Crippen molar-refractivity contribution < 1.29 is 31.5 Å². The third kappa shape index (κ3) is 4.51. The molecule has 0 fully saturated rings. The molecule has 0 aliphatic rings. The zero-order chi connectivity index (χ0) is 19.6. The van der Waals surface area contributed by atoms with Gasteiger partial charge < -0.3 is 10.4 Å². The Morgan fingerprint density at radius 3 is 2.44 bits per heavy atom. The lowest BCUT2D eigenvalue weighted by molar-refractivity contribution is -0.242. The highest BCUT2D eigenvalue weighted by Gasteiger charge is 2.55. The minimum Gasteiger partial charge on any atom is -0.373 e. The molecule has 0 aromatic heterocycles. The van der Waals surface area contributed by atoms with Gasteiger partial charge in [0.1, 0.15) is 0 Å². The lowest BCUT2D eigenvalue weighted by atomic mass is 10.1. The molecule has 0 saturated carbocycles. The van der Waals surface area contributed by atoms with Crippen LogP contribution in [0.5, 0.6) is 0 Å². The molecule has 1 aromatic carbocycles. The number of benzene rings is 1. The Hall–Kier alpha value is -1.62. The molecule has 0 spiro atoms. The van der Waals surface area contributed by atoms with E-state index < -0.39 is 27.7 Å². The third-order valence-corrected chi connectivity index (χ3v) is 5.41. The summed E-state index contributed by atoms with van der Waals surface area (Å²) in [6.07, 6.45) is -3.83. The summed E-state index contributed by atoms with van der Waals surface area (Å²) >= 11 is 5.84. The number of likely N-dealkylation sites (N-methyl/N-ethyl adjacent to an activating group) is 1. The second kappa shape index (κ2) is 7.32. The number of hydrogen-bond acceptors (Lipinski definition) is 4. The van der Waals surface area contributed by atoms with Gasteiger partial charge in [-0.1, -0.05) is 17.7 Å². The van der Waals surface area contributed by atoms with Crippen molar-refractivity contribution in [2.45, 2.75) is 23.6 Å². The molecule has 1 rings (SSSR count). The van der Waals surface area contributed by atoms with Crippen molar-refractivity contribution in [2.24, 2.45) is 0 Å². The summed E-state index contributed by atoms with van der Waals surface area (Å²) in [6, 6.07) is 3.08. The first kappa shape index (κ1) is 21.4. The predicted molar refractivity (Wildman–Crippen MR) is 86.8 cm³/mol. The highest BCUT2D eigenvalue weighted by atomic mass is 35.5. The van der Waals surface area contributed by atoms with Crippen LogP contribution in [0, 0.1) is 0 Å². The van der Waals surface area contributed by atoms with Gasteiger partial charge in [-0.2, -0.15) is 17.5 Å². The number of rotatable bonds is 6. The number of halogens is 4. The van der Waals surface area contributed by atoms with Crippen molar-refractivity contribution in [3.05, 3.63) is 35.9 Å². The number of carbonyl (C=O) groups excluding carboxylic acids is 1. The van der Waals surface area contributed by atoms with Gasteiger partial charge in [0, 0.05) is 13.6 Å². The van der Waals surface area contributed by atoms with Crippen LogP contribution in [0.2, 0.25) is 5.02 Å². The maximum absolute atomic E-state index is 12.6. The molecule has 140 valence electrons. The number of carbonyl (C=O) groups is 1. The molecule has 11 heteroatoms. The molecule has 0 saturated heterocycles. The molecule has 6 nitrogen and oxygen atoms in total. The molecule has 1 unspecified atom stereocenters. The van der Waals surface area contributed by atoms with Crippen LogP contribution in [0.15, 0.2) is 35.7 Å². The Labute approximate surface area is 147 Å². The first-order valence-corrected chi connectivity index (χ1v) is 8.54. The molecule has 25 heavy (non-hydrogen) atoms. The molecule has 2 N–H and O–H groups in total. The quantitative estimate of drug-likeness (QED) is 0.718. The predicted octanol–water partition coefficient (Wildman–Crippen LogP) is 2.40. The Morgan fingerprint density at radius 1 is 1.44 bits per heavy atom. The number of alkyl halides is 3. The van der Waals surface area contributed by atoms with E-state index >= 15 is 0 Å². The molecule has 0 heterocycles. The fourth-order valence-corrected chi connectivity index (χ4v) is 3.05. The maximum Gasteiger partial charge on any atom is 0.426 e. The molecular weight excluding hydrogens is 385 g/mol. The van der Waals surface area contributed by atoms with Gasteiger partial charge >= 0.3 is 6.18 Å². The van der Waals surface area contributed by atoms with Crippen molar-refractivity contribution in [3.63, 3.8) is 0 Å². The topological polar surface area (TPSA) is 86.7 Å². The van der Waals surface area contributed by atoms with Crippen LogP contribution in [0.25, 0.3) is 0 Å². The first-order chi connectivity index (χ1) is 11.2. The van der Waals surface area contributed by atoms with E-state index in [1.165, 1.54) is 13.1 Å². The lowest BCUT2D eigenvalue weighted by Crippen LogP contribution is -2.52. The summed E-state index contributed by atoms with van der Waals surface area (Å²) in [7, 11) is -2.58. The molecule has 1 amide bonds. The molecule has 0 aliphatic carbocycles. The highest BCUT2D eigenvalue weighted by Crippen LogP contribution is 2.33. The molecule has 1 atom stereocenters. The molecular formula is C14H16ClF3N2O4S. The monoisotopic (exact) mass is 400 g/mol. The summed E-state index contributed by atoms with van der Waals surface area (Å²) in [6.45, 7) is 3.75. The van der Waals surface area contributed by atoms with Crippen LogP contribution in [0.4, 0.5) is 18.9 Å². The molecule has 0 aliphatic heterocycles. The van der Waals surface area contributed by atoms with Gasteiger partial charge in [-0.05, 0) is 25.1 Å². The lowest BCUT2D eigenvalue weighted by Gasteiger charge is -2.25. The van der Waals surface area contributed by atoms with E-state index in [0.717, 1.165) is 22.5 Å². The zero-order valence-electron chi connectivity index (χ0n) is 13.3. The molecule has 1 aromatic rings. The number of anilines is 1. The van der Waals surface area contributed by atoms with Gasteiger partial charge in [0.25, 0.3) is 5.91 Å². The van der Waals surface area contributed by atoms with Gasteiger partial charge in [-0.3, -0.25) is 4.79 Å². The largest absolute Gasteiger partial charge is 0.426 e. The van der Waals surface area contributed by atoms with Crippen LogP contribution >= 0.6 is 11.6 Å². The van der Waals surface area contributed by atoms with E-state index in [1.54, 1.807) is 0 Å². The highest BCUT2D eigenvalue weighted by molar-refractivity contribution is 7.89. The number of amides is 1. The normalized spacial score (nSPS) is 14.9. The van der Waals surface area contributed by atoms with Crippen LogP contribution < -0.4 is 5.32 Å². The summed E-state index contributed by atoms with van der Waals surface area (Å²) in [5.41, 5.74) is -3.91. The van der Waals surface area contributed by atoms with E-state index in [0.29, 0.717) is 6.92 Å². The third-order valence-electron chi connectivity index (χ3n) is 3.28. The van der Waals surface area contributed by atoms with E-state index in [9.17, 15) is 31.5 Å². The van der Waals surface area contributed by atoms with Crippen molar-refractivity contribution in [1.29, 1.82) is 0 Å². The summed E-state index contributed by atoms with van der Waals surface area (Å²) < 4.78 is 63.4. The minimum absolute atomic E-state index is 0.0346. The van der Waals surface area contributed by atoms with Crippen molar-refractivity contribution >= 4 is 33.2 Å². The second-order valence-electron chi connectivity index (χ2n) is 5.24. The molecule has 0 bridgehead atoms. The van der Waals surface area contributed by atoms with Crippen LogP contribution in [-0.4, -0.2) is 49.1 Å². The smallest absolute Gasteiger partial charge is 0.373 e. The average molecular weight is 401 g/mol. The van der Waals surface area contributed by atoms with Crippen molar-refractivity contribution in [1.82, 2.24) is 4.31 Å². The van der Waals surface area contributed by atoms with Gasteiger partial charge in [0.15, 0.2) is 0 Å². The van der Waals surface area contributed by atoms with Gasteiger partial charge in [-0.25, -0.2) is 8.42 Å². The number of hydrogen-bond donors (Lipinski definition) is 2. The van der Waals surface area contributed by atoms with E-state index in [1.807, 2.05) is 5.32 Å². The standard InChI is InChI=1S/C14H16ClF3N2O4S/c1-4-7-20(3)25(23,24)9-5-6-11(10(15)8-9)19-12(21)13(2,22)14(16,17)18/h4-6,8,22H,1,7H2,2-3H3,(H,19,21). The Balaban J connectivity index is 3.12.